The van der Waals surface area contributed by atoms with Crippen molar-refractivity contribution in [2.75, 3.05) is 26.2 Å². The fraction of sp³-hybridized carbons (Fsp3) is 0.938. The number of nitrogens with one attached hydrogen (secondary N) is 1. The third-order valence-corrected chi connectivity index (χ3v) is 3.92. The van der Waals surface area contributed by atoms with Gasteiger partial charge in [-0.1, -0.05) is 33.6 Å². The second-order valence-electron chi connectivity index (χ2n) is 5.88. The van der Waals surface area contributed by atoms with Gasteiger partial charge in [-0.3, -0.25) is 4.79 Å². The second kappa shape index (κ2) is 11.1. The molecule has 0 bridgehead atoms. The molecule has 1 atom stereocenters. The highest BCUT2D eigenvalue weighted by atomic mass is 16.1. The van der Waals surface area contributed by atoms with Gasteiger partial charge in [0.05, 0.1) is 5.54 Å². The first kappa shape index (κ1) is 19.4. The van der Waals surface area contributed by atoms with E-state index in [0.29, 0.717) is 0 Å². The van der Waals surface area contributed by atoms with Crippen LogP contribution in [0.15, 0.2) is 0 Å². The van der Waals surface area contributed by atoms with Gasteiger partial charge in [-0.25, -0.2) is 0 Å². The van der Waals surface area contributed by atoms with Crippen LogP contribution in [0.1, 0.15) is 66.2 Å². The summed E-state index contributed by atoms with van der Waals surface area (Å²) in [6, 6.07) is 0. The maximum Gasteiger partial charge on any atom is 0.237 e. The van der Waals surface area contributed by atoms with E-state index in [2.05, 4.69) is 24.1 Å². The maximum absolute atomic E-state index is 11.6. The number of nitrogens with zero attached hydrogens (tertiary/aromatic N) is 1. The lowest BCUT2D eigenvalue weighted by Gasteiger charge is -2.29. The van der Waals surface area contributed by atoms with E-state index < -0.39 is 5.54 Å². The fourth-order valence-electron chi connectivity index (χ4n) is 2.44. The molecule has 0 aliphatic heterocycles. The van der Waals surface area contributed by atoms with Crippen molar-refractivity contribution in [1.82, 2.24) is 10.2 Å². The predicted octanol–water partition coefficient (Wildman–Crippen LogP) is 2.52. The van der Waals surface area contributed by atoms with Gasteiger partial charge in [0, 0.05) is 0 Å². The topological polar surface area (TPSA) is 58.4 Å². The van der Waals surface area contributed by atoms with Crippen LogP contribution in [0.25, 0.3) is 0 Å². The number of primary amides is 1. The quantitative estimate of drug-likeness (QED) is 0.547. The smallest absolute Gasteiger partial charge is 0.237 e. The summed E-state index contributed by atoms with van der Waals surface area (Å²) in [5, 5.41) is 3.23. The van der Waals surface area contributed by atoms with Crippen LogP contribution in [0.5, 0.6) is 0 Å². The Labute approximate surface area is 125 Å². The van der Waals surface area contributed by atoms with Crippen LogP contribution in [0, 0.1) is 0 Å². The van der Waals surface area contributed by atoms with Crippen molar-refractivity contribution in [3.63, 3.8) is 0 Å². The molecule has 0 saturated carbocycles. The van der Waals surface area contributed by atoms with Gasteiger partial charge in [-0.15, -0.1) is 0 Å². The average Bonchev–Trinajstić information content (AvgIpc) is 2.41. The molecule has 0 aromatic heterocycles. The predicted molar refractivity (Wildman–Crippen MR) is 86.8 cm³/mol. The lowest BCUT2D eigenvalue weighted by molar-refractivity contribution is -0.124. The maximum atomic E-state index is 11.6. The molecule has 0 aromatic rings. The number of hydrogen-bond acceptors (Lipinski definition) is 3. The summed E-state index contributed by atoms with van der Waals surface area (Å²) in [5.41, 5.74) is 4.96. The average molecular weight is 285 g/mol. The SMILES string of the molecule is CCCCN(CCCC)CCCC(C)(NCC)C(N)=O. The first-order chi connectivity index (χ1) is 9.50. The van der Waals surface area contributed by atoms with E-state index in [9.17, 15) is 4.79 Å². The Kier molecular flexibility index (Phi) is 10.8. The van der Waals surface area contributed by atoms with E-state index in [-0.39, 0.29) is 5.91 Å². The normalized spacial score (nSPS) is 14.4. The molecule has 0 aromatic carbocycles. The Hall–Kier alpha value is -0.610. The minimum Gasteiger partial charge on any atom is -0.368 e. The van der Waals surface area contributed by atoms with Crippen molar-refractivity contribution in [3.8, 4) is 0 Å². The third-order valence-electron chi connectivity index (χ3n) is 3.92. The highest BCUT2D eigenvalue weighted by Crippen LogP contribution is 2.13. The summed E-state index contributed by atoms with van der Waals surface area (Å²) in [6.45, 7) is 12.6. The number of hydrogen-bond donors (Lipinski definition) is 2. The Morgan fingerprint density at radius 1 is 1.05 bits per heavy atom. The van der Waals surface area contributed by atoms with Crippen LogP contribution in [0.3, 0.4) is 0 Å². The van der Waals surface area contributed by atoms with E-state index in [4.69, 9.17) is 5.73 Å². The molecule has 4 heteroatoms. The number of unbranched alkanes of at least 4 members (excludes halogenated alkanes) is 2. The largest absolute Gasteiger partial charge is 0.368 e. The zero-order chi connectivity index (χ0) is 15.4. The van der Waals surface area contributed by atoms with Crippen LogP contribution < -0.4 is 11.1 Å². The molecule has 0 heterocycles. The van der Waals surface area contributed by atoms with Crippen LogP contribution in [0.4, 0.5) is 0 Å². The number of nitrogens with two attached hydrogens (primary N) is 1. The van der Waals surface area contributed by atoms with Crippen molar-refractivity contribution in [2.24, 2.45) is 5.73 Å². The highest BCUT2D eigenvalue weighted by Gasteiger charge is 2.29. The zero-order valence-electron chi connectivity index (χ0n) is 14.0. The van der Waals surface area contributed by atoms with Gasteiger partial charge in [-0.2, -0.15) is 0 Å². The monoisotopic (exact) mass is 285 g/mol. The number of carbonyl (C=O) groups is 1. The van der Waals surface area contributed by atoms with Gasteiger partial charge in [0.2, 0.25) is 5.91 Å². The summed E-state index contributed by atoms with van der Waals surface area (Å²) in [7, 11) is 0. The van der Waals surface area contributed by atoms with Crippen LogP contribution >= 0.6 is 0 Å². The minimum atomic E-state index is -0.560. The molecule has 120 valence electrons. The molecule has 0 radical (unpaired) electrons. The van der Waals surface area contributed by atoms with Crippen LogP contribution in [-0.4, -0.2) is 42.5 Å². The molecule has 0 rings (SSSR count). The summed E-state index contributed by atoms with van der Waals surface area (Å²) in [6.07, 6.45) is 6.80. The standard InChI is InChI=1S/C16H35N3O/c1-5-8-12-19(13-9-6-2)14-10-11-16(4,15(17)20)18-7-3/h18H,5-14H2,1-4H3,(H2,17,20). The van der Waals surface area contributed by atoms with Gasteiger partial charge < -0.3 is 16.0 Å². The van der Waals surface area contributed by atoms with Gasteiger partial charge in [0.25, 0.3) is 0 Å². The van der Waals surface area contributed by atoms with Gasteiger partial charge in [-0.05, 0) is 58.8 Å². The Morgan fingerprint density at radius 2 is 1.55 bits per heavy atom. The molecule has 0 aliphatic rings. The first-order valence-electron chi connectivity index (χ1n) is 8.27. The Balaban J connectivity index is 4.20. The van der Waals surface area contributed by atoms with E-state index in [1.807, 2.05) is 13.8 Å². The minimum absolute atomic E-state index is 0.243. The van der Waals surface area contributed by atoms with Gasteiger partial charge in [0.1, 0.15) is 0 Å². The lowest BCUT2D eigenvalue weighted by atomic mass is 9.94. The molecule has 1 amide bonds. The summed E-state index contributed by atoms with van der Waals surface area (Å²) >= 11 is 0. The summed E-state index contributed by atoms with van der Waals surface area (Å²) in [5.74, 6) is -0.243. The second-order valence-corrected chi connectivity index (χ2v) is 5.88. The van der Waals surface area contributed by atoms with Crippen molar-refractivity contribution < 1.29 is 4.79 Å². The van der Waals surface area contributed by atoms with Crippen molar-refractivity contribution >= 4 is 5.91 Å². The van der Waals surface area contributed by atoms with Crippen LogP contribution in [-0.2, 0) is 4.79 Å². The highest BCUT2D eigenvalue weighted by molar-refractivity contribution is 5.84. The molecule has 20 heavy (non-hydrogen) atoms. The van der Waals surface area contributed by atoms with Gasteiger partial charge in [0.15, 0.2) is 0 Å². The number of carbonyl (C=O) groups excluding carboxylic acids is 1. The number of amides is 1. The molecule has 0 aliphatic carbocycles. The fourth-order valence-corrected chi connectivity index (χ4v) is 2.44. The zero-order valence-corrected chi connectivity index (χ0v) is 14.0. The molecular weight excluding hydrogens is 250 g/mol. The molecule has 4 nitrogen and oxygen atoms in total. The summed E-state index contributed by atoms with van der Waals surface area (Å²) in [4.78, 5) is 14.1. The van der Waals surface area contributed by atoms with Gasteiger partial charge >= 0.3 is 0 Å². The molecule has 0 spiro atoms. The van der Waals surface area contributed by atoms with Crippen molar-refractivity contribution in [1.29, 1.82) is 0 Å². The molecular formula is C16H35N3O. The van der Waals surface area contributed by atoms with Crippen molar-refractivity contribution in [2.45, 2.75) is 71.8 Å². The molecule has 0 saturated heterocycles. The van der Waals surface area contributed by atoms with Crippen LogP contribution in [0.2, 0.25) is 0 Å². The number of likely N-dealkylation sites (N-methyl/N-ethyl adjacent to an activating group) is 1. The van der Waals surface area contributed by atoms with E-state index >= 15 is 0 Å². The Morgan fingerprint density at radius 3 is 1.95 bits per heavy atom. The summed E-state index contributed by atoms with van der Waals surface area (Å²) < 4.78 is 0. The third kappa shape index (κ3) is 7.85. The molecule has 0 fully saturated rings. The molecule has 3 N–H and O–H groups in total. The lowest BCUT2D eigenvalue weighted by Crippen LogP contribution is -2.53. The van der Waals surface area contributed by atoms with E-state index in [1.54, 1.807) is 0 Å². The van der Waals surface area contributed by atoms with Crippen molar-refractivity contribution in [3.05, 3.63) is 0 Å². The first-order valence-corrected chi connectivity index (χ1v) is 8.27. The Bertz CT molecular complexity index is 250. The number of rotatable bonds is 13. The van der Waals surface area contributed by atoms with E-state index in [0.717, 1.165) is 25.9 Å². The van der Waals surface area contributed by atoms with E-state index in [1.165, 1.54) is 38.8 Å². The molecule has 1 unspecified atom stereocenters.